The molecule has 0 aliphatic carbocycles. The number of benzene rings is 2. The Morgan fingerprint density at radius 1 is 1.08 bits per heavy atom. The van der Waals surface area contributed by atoms with Crippen LogP contribution in [0.2, 0.25) is 0 Å². The van der Waals surface area contributed by atoms with Gasteiger partial charge in [-0.15, -0.1) is 0 Å². The van der Waals surface area contributed by atoms with Crippen molar-refractivity contribution in [1.82, 2.24) is 5.32 Å². The highest BCUT2D eigenvalue weighted by Crippen LogP contribution is 2.29. The highest BCUT2D eigenvalue weighted by molar-refractivity contribution is 5.76. The first-order valence-corrected chi connectivity index (χ1v) is 8.30. The van der Waals surface area contributed by atoms with Crippen LogP contribution in [-0.4, -0.2) is 30.3 Å². The van der Waals surface area contributed by atoms with Gasteiger partial charge in [0.2, 0.25) is 5.91 Å². The zero-order valence-corrected chi connectivity index (χ0v) is 14.2. The normalized spacial score (nSPS) is 12.0. The molecule has 0 aliphatic rings. The molecule has 0 saturated carbocycles. The van der Waals surface area contributed by atoms with Crippen LogP contribution in [0.15, 0.2) is 54.6 Å². The van der Waals surface area contributed by atoms with Crippen molar-refractivity contribution in [3.63, 3.8) is 0 Å². The summed E-state index contributed by atoms with van der Waals surface area (Å²) in [5, 5.41) is 12.5. The Kier molecular flexibility index (Phi) is 6.82. The van der Waals surface area contributed by atoms with Crippen LogP contribution < -0.4 is 10.1 Å². The van der Waals surface area contributed by atoms with Crippen molar-refractivity contribution in [3.8, 4) is 16.9 Å². The third-order valence-corrected chi connectivity index (χ3v) is 3.82. The molecule has 0 saturated heterocycles. The van der Waals surface area contributed by atoms with Crippen molar-refractivity contribution >= 4 is 5.91 Å². The molecule has 0 radical (unpaired) electrons. The van der Waals surface area contributed by atoms with E-state index < -0.39 is 6.10 Å². The SMILES string of the molecule is CC(C)C(O)CC(=O)NCCOc1ccccc1-c1ccccc1. The second-order valence-electron chi connectivity index (χ2n) is 6.08. The van der Waals surface area contributed by atoms with Crippen LogP contribution in [0, 0.1) is 5.92 Å². The van der Waals surface area contributed by atoms with E-state index in [1.54, 1.807) is 0 Å². The molecule has 1 atom stereocenters. The molecule has 0 spiro atoms. The Labute approximate surface area is 143 Å². The fraction of sp³-hybridized carbons (Fsp3) is 0.350. The van der Waals surface area contributed by atoms with E-state index in [-0.39, 0.29) is 18.2 Å². The zero-order chi connectivity index (χ0) is 17.4. The number of amides is 1. The smallest absolute Gasteiger partial charge is 0.222 e. The summed E-state index contributed by atoms with van der Waals surface area (Å²) in [5.41, 5.74) is 2.12. The molecule has 1 unspecified atom stereocenters. The van der Waals surface area contributed by atoms with Crippen molar-refractivity contribution in [2.24, 2.45) is 5.92 Å². The Hall–Kier alpha value is -2.33. The summed E-state index contributed by atoms with van der Waals surface area (Å²) in [6.07, 6.45) is -0.483. The van der Waals surface area contributed by atoms with Crippen LogP contribution in [0.3, 0.4) is 0 Å². The van der Waals surface area contributed by atoms with Crippen molar-refractivity contribution < 1.29 is 14.6 Å². The van der Waals surface area contributed by atoms with E-state index >= 15 is 0 Å². The zero-order valence-electron chi connectivity index (χ0n) is 14.2. The lowest BCUT2D eigenvalue weighted by molar-refractivity contribution is -0.123. The van der Waals surface area contributed by atoms with Gasteiger partial charge in [-0.05, 0) is 17.5 Å². The number of aliphatic hydroxyl groups excluding tert-OH is 1. The van der Waals surface area contributed by atoms with Crippen molar-refractivity contribution in [1.29, 1.82) is 0 Å². The van der Waals surface area contributed by atoms with E-state index in [1.165, 1.54) is 0 Å². The Morgan fingerprint density at radius 2 is 1.75 bits per heavy atom. The summed E-state index contributed by atoms with van der Waals surface area (Å²) < 4.78 is 5.82. The molecule has 0 fully saturated rings. The van der Waals surface area contributed by atoms with Crippen molar-refractivity contribution in [2.45, 2.75) is 26.4 Å². The van der Waals surface area contributed by atoms with Crippen LogP contribution in [0.1, 0.15) is 20.3 Å². The van der Waals surface area contributed by atoms with Gasteiger partial charge < -0.3 is 15.2 Å². The van der Waals surface area contributed by atoms with Gasteiger partial charge >= 0.3 is 0 Å². The lowest BCUT2D eigenvalue weighted by Crippen LogP contribution is -2.32. The summed E-state index contributed by atoms with van der Waals surface area (Å²) in [7, 11) is 0. The minimum Gasteiger partial charge on any atom is -0.491 e. The van der Waals surface area contributed by atoms with Gasteiger partial charge in [0.05, 0.1) is 19.1 Å². The van der Waals surface area contributed by atoms with Gasteiger partial charge in [-0.1, -0.05) is 62.4 Å². The van der Waals surface area contributed by atoms with Crippen molar-refractivity contribution in [2.75, 3.05) is 13.2 Å². The van der Waals surface area contributed by atoms with Crippen LogP contribution in [0.25, 0.3) is 11.1 Å². The maximum Gasteiger partial charge on any atom is 0.222 e. The van der Waals surface area contributed by atoms with E-state index in [4.69, 9.17) is 4.74 Å². The molecule has 0 aliphatic heterocycles. The second kappa shape index (κ2) is 9.08. The summed E-state index contributed by atoms with van der Waals surface area (Å²) in [4.78, 5) is 11.7. The van der Waals surface area contributed by atoms with Crippen LogP contribution in [0.5, 0.6) is 5.75 Å². The average Bonchev–Trinajstić information content (AvgIpc) is 2.59. The molecule has 0 heterocycles. The molecular weight excluding hydrogens is 302 g/mol. The molecule has 2 N–H and O–H groups in total. The number of carbonyl (C=O) groups excluding carboxylic acids is 1. The maximum atomic E-state index is 11.7. The fourth-order valence-corrected chi connectivity index (χ4v) is 2.30. The Balaban J connectivity index is 1.84. The molecule has 128 valence electrons. The third-order valence-electron chi connectivity index (χ3n) is 3.82. The minimum absolute atomic E-state index is 0.0738. The van der Waals surface area contributed by atoms with E-state index in [0.29, 0.717) is 13.2 Å². The molecular formula is C20H25NO3. The molecule has 24 heavy (non-hydrogen) atoms. The molecule has 4 heteroatoms. The molecule has 0 bridgehead atoms. The van der Waals surface area contributed by atoms with Gasteiger partial charge in [-0.25, -0.2) is 0 Å². The molecule has 4 nitrogen and oxygen atoms in total. The number of nitrogens with one attached hydrogen (secondary N) is 1. The minimum atomic E-state index is -0.607. The van der Waals surface area contributed by atoms with Gasteiger partial charge in [-0.3, -0.25) is 4.79 Å². The molecule has 2 rings (SSSR count). The predicted octanol–water partition coefficient (Wildman–Crippen LogP) is 3.26. The van der Waals surface area contributed by atoms with Gasteiger partial charge in [0, 0.05) is 5.56 Å². The highest BCUT2D eigenvalue weighted by atomic mass is 16.5. The van der Waals surface area contributed by atoms with E-state index in [2.05, 4.69) is 5.32 Å². The monoisotopic (exact) mass is 327 g/mol. The Morgan fingerprint density at radius 3 is 2.46 bits per heavy atom. The van der Waals surface area contributed by atoms with Crippen LogP contribution >= 0.6 is 0 Å². The van der Waals surface area contributed by atoms with Gasteiger partial charge in [-0.2, -0.15) is 0 Å². The number of rotatable bonds is 8. The van der Waals surface area contributed by atoms with E-state index in [1.807, 2.05) is 68.4 Å². The first-order chi connectivity index (χ1) is 11.6. The molecule has 0 aromatic heterocycles. The second-order valence-corrected chi connectivity index (χ2v) is 6.08. The quantitative estimate of drug-likeness (QED) is 0.732. The molecule has 2 aromatic rings. The summed E-state index contributed by atoms with van der Waals surface area (Å²) in [6, 6.07) is 17.9. The highest BCUT2D eigenvalue weighted by Gasteiger charge is 2.13. The van der Waals surface area contributed by atoms with Gasteiger partial charge in [0.25, 0.3) is 0 Å². The number of hydrogen-bond donors (Lipinski definition) is 2. The first-order valence-electron chi connectivity index (χ1n) is 8.30. The number of ether oxygens (including phenoxy) is 1. The van der Waals surface area contributed by atoms with E-state index in [9.17, 15) is 9.90 Å². The lowest BCUT2D eigenvalue weighted by Gasteiger charge is -2.15. The fourth-order valence-electron chi connectivity index (χ4n) is 2.30. The predicted molar refractivity (Wildman–Crippen MR) is 95.8 cm³/mol. The van der Waals surface area contributed by atoms with Crippen LogP contribution in [0.4, 0.5) is 0 Å². The number of carbonyl (C=O) groups is 1. The largest absolute Gasteiger partial charge is 0.491 e. The third kappa shape index (κ3) is 5.39. The lowest BCUT2D eigenvalue weighted by atomic mass is 10.0. The number of aliphatic hydroxyl groups is 1. The standard InChI is InChI=1S/C20H25NO3/c1-15(2)18(22)14-20(23)21-12-13-24-19-11-7-6-10-17(19)16-8-4-3-5-9-16/h3-11,15,18,22H,12-14H2,1-2H3,(H,21,23). The summed E-state index contributed by atoms with van der Waals surface area (Å²) in [5.74, 6) is 0.709. The number of para-hydroxylation sites is 1. The molecule has 2 aromatic carbocycles. The maximum absolute atomic E-state index is 11.7. The van der Waals surface area contributed by atoms with E-state index in [0.717, 1.165) is 16.9 Å². The van der Waals surface area contributed by atoms with Gasteiger partial charge in [0.15, 0.2) is 0 Å². The van der Waals surface area contributed by atoms with Crippen molar-refractivity contribution in [3.05, 3.63) is 54.6 Å². The molecule has 1 amide bonds. The Bertz CT molecular complexity index is 640. The summed E-state index contributed by atoms with van der Waals surface area (Å²) >= 11 is 0. The average molecular weight is 327 g/mol. The number of hydrogen-bond acceptors (Lipinski definition) is 3. The van der Waals surface area contributed by atoms with Crippen LogP contribution in [-0.2, 0) is 4.79 Å². The summed E-state index contributed by atoms with van der Waals surface area (Å²) in [6.45, 7) is 4.57. The first kappa shape index (κ1) is 18.0. The van der Waals surface area contributed by atoms with Gasteiger partial charge in [0.1, 0.15) is 12.4 Å². The topological polar surface area (TPSA) is 58.6 Å².